The van der Waals surface area contributed by atoms with Gasteiger partial charge in [-0.05, 0) is 0 Å². The van der Waals surface area contributed by atoms with Crippen LogP contribution in [0.25, 0.3) is 0 Å². The van der Waals surface area contributed by atoms with Crippen LogP contribution in [-0.2, 0) is 30.8 Å². The van der Waals surface area contributed by atoms with Gasteiger partial charge in [-0.2, -0.15) is 0 Å². The number of benzene rings is 2. The Morgan fingerprint density at radius 3 is 1.40 bits per heavy atom. The van der Waals surface area contributed by atoms with Crippen molar-refractivity contribution < 1.29 is 45.8 Å². The Morgan fingerprint density at radius 2 is 1.05 bits per heavy atom. The Hall–Kier alpha value is -1.72. The standard InChI is InChI=1S/2C7H6O2.Hg.H2O/c2*8-7(9)6-4-2-1-3-5-6;;/h2*1-5H,(H,8,9);;1H2/q;;+2;/p-2. The molecule has 2 N–H and O–H groups in total. The fraction of sp³-hybridized carbons (Fsp3) is 0. The van der Waals surface area contributed by atoms with Gasteiger partial charge in [-0.1, -0.05) is 0 Å². The molecule has 100 valence electrons. The summed E-state index contributed by atoms with van der Waals surface area (Å²) >= 11 is -2.43. The molecular formula is C14H12HgO5. The summed E-state index contributed by atoms with van der Waals surface area (Å²) in [6.07, 6.45) is 0. The molecule has 0 spiro atoms. The van der Waals surface area contributed by atoms with Crippen molar-refractivity contribution in [3.05, 3.63) is 71.8 Å². The first-order chi connectivity index (χ1) is 9.27. The summed E-state index contributed by atoms with van der Waals surface area (Å²) in [5.41, 5.74) is 0.941. The van der Waals surface area contributed by atoms with Gasteiger partial charge in [0.15, 0.2) is 0 Å². The number of carbonyl (C=O) groups is 2. The maximum absolute atomic E-state index is 11.6. The maximum atomic E-state index is 11.6. The average Bonchev–Trinajstić information content (AvgIpc) is 2.49. The molecule has 0 unspecified atom stereocenters. The number of rotatable bonds is 4. The molecule has 2 rings (SSSR count). The van der Waals surface area contributed by atoms with Gasteiger partial charge in [-0.3, -0.25) is 0 Å². The first kappa shape index (κ1) is 16.3. The van der Waals surface area contributed by atoms with Crippen molar-refractivity contribution in [3.63, 3.8) is 0 Å². The second-order valence-electron chi connectivity index (χ2n) is 3.71. The van der Waals surface area contributed by atoms with E-state index in [0.29, 0.717) is 11.1 Å². The summed E-state index contributed by atoms with van der Waals surface area (Å²) < 4.78 is 10.1. The Morgan fingerprint density at radius 1 is 0.700 bits per heavy atom. The van der Waals surface area contributed by atoms with E-state index in [4.69, 9.17) is 5.29 Å². The molecule has 0 aliphatic heterocycles. The minimum atomic E-state index is -2.43. The number of hydrogen-bond donors (Lipinski definition) is 0. The summed E-state index contributed by atoms with van der Waals surface area (Å²) in [5.74, 6) is -0.855. The van der Waals surface area contributed by atoms with Crippen LogP contribution in [-0.4, -0.2) is 17.4 Å². The molecular weight excluding hydrogens is 449 g/mol. The van der Waals surface area contributed by atoms with Gasteiger partial charge < -0.3 is 5.48 Å². The van der Waals surface area contributed by atoms with E-state index in [1.807, 2.05) is 12.1 Å². The minimum absolute atomic E-state index is 0. The van der Waals surface area contributed by atoms with Gasteiger partial charge in [0.05, 0.1) is 0 Å². The SMILES string of the molecule is O.O=C([O][Hg][O]C(=O)c1ccccc1)c1ccccc1. The van der Waals surface area contributed by atoms with Gasteiger partial charge in [0, 0.05) is 0 Å². The van der Waals surface area contributed by atoms with Crippen LogP contribution in [0.15, 0.2) is 60.7 Å². The van der Waals surface area contributed by atoms with Gasteiger partial charge >= 0.3 is 124 Å². The third kappa shape index (κ3) is 4.75. The van der Waals surface area contributed by atoms with E-state index in [1.54, 1.807) is 48.5 Å². The van der Waals surface area contributed by atoms with Crippen molar-refractivity contribution in [1.82, 2.24) is 0 Å². The second kappa shape index (κ2) is 8.45. The van der Waals surface area contributed by atoms with Gasteiger partial charge in [-0.15, -0.1) is 0 Å². The summed E-state index contributed by atoms with van der Waals surface area (Å²) in [5, 5.41) is 0. The van der Waals surface area contributed by atoms with Crippen molar-refractivity contribution in [2.75, 3.05) is 0 Å². The van der Waals surface area contributed by atoms with E-state index in [1.165, 1.54) is 0 Å². The number of carbonyl (C=O) groups excluding carboxylic acids is 2. The van der Waals surface area contributed by atoms with Crippen LogP contribution in [0.5, 0.6) is 0 Å². The predicted octanol–water partition coefficient (Wildman–Crippen LogP) is 1.79. The number of hydrogen-bond acceptors (Lipinski definition) is 4. The van der Waals surface area contributed by atoms with E-state index < -0.39 is 37.4 Å². The van der Waals surface area contributed by atoms with Crippen LogP contribution in [0.4, 0.5) is 0 Å². The Labute approximate surface area is 129 Å². The van der Waals surface area contributed by atoms with Crippen molar-refractivity contribution in [1.29, 1.82) is 0 Å². The van der Waals surface area contributed by atoms with Crippen molar-refractivity contribution >= 4 is 11.9 Å². The Balaban J connectivity index is 0.00000200. The summed E-state index contributed by atoms with van der Waals surface area (Å²) in [7, 11) is 0. The first-order valence-corrected chi connectivity index (χ1v) is 10.2. The molecule has 2 aromatic rings. The topological polar surface area (TPSA) is 84.1 Å². The quantitative estimate of drug-likeness (QED) is 0.651. The van der Waals surface area contributed by atoms with Gasteiger partial charge in [0.2, 0.25) is 0 Å². The molecule has 20 heavy (non-hydrogen) atoms. The molecule has 0 bridgehead atoms. The van der Waals surface area contributed by atoms with Gasteiger partial charge in [-0.25, -0.2) is 0 Å². The molecule has 0 amide bonds. The molecule has 0 aliphatic carbocycles. The summed E-state index contributed by atoms with van der Waals surface area (Å²) in [4.78, 5) is 23.2. The fourth-order valence-electron chi connectivity index (χ4n) is 1.45. The Kier molecular flexibility index (Phi) is 6.90. The zero-order valence-electron chi connectivity index (χ0n) is 10.6. The second-order valence-corrected chi connectivity index (χ2v) is 6.87. The van der Waals surface area contributed by atoms with Crippen LogP contribution in [0.2, 0.25) is 0 Å². The monoisotopic (exact) mass is 462 g/mol. The molecule has 0 atom stereocenters. The molecule has 0 radical (unpaired) electrons. The van der Waals surface area contributed by atoms with Crippen molar-refractivity contribution in [3.8, 4) is 0 Å². The molecule has 2 aromatic carbocycles. The normalized spacial score (nSPS) is 8.80. The van der Waals surface area contributed by atoms with Crippen LogP contribution in [0.3, 0.4) is 0 Å². The van der Waals surface area contributed by atoms with Crippen LogP contribution in [0, 0.1) is 0 Å². The van der Waals surface area contributed by atoms with Gasteiger partial charge in [0.1, 0.15) is 0 Å². The molecule has 0 saturated heterocycles. The zero-order valence-corrected chi connectivity index (χ0v) is 16.1. The molecule has 0 fully saturated rings. The molecule has 5 nitrogen and oxygen atoms in total. The van der Waals surface area contributed by atoms with Crippen LogP contribution < -0.4 is 0 Å². The molecule has 0 heterocycles. The predicted molar refractivity (Wildman–Crippen MR) is 67.3 cm³/mol. The third-order valence-corrected chi connectivity index (χ3v) is 5.35. The first-order valence-electron chi connectivity index (χ1n) is 5.72. The fourth-order valence-corrected chi connectivity index (χ4v) is 3.81. The van der Waals surface area contributed by atoms with Gasteiger partial charge in [0.25, 0.3) is 0 Å². The average molecular weight is 461 g/mol. The zero-order chi connectivity index (χ0) is 13.5. The summed E-state index contributed by atoms with van der Waals surface area (Å²) in [6, 6.07) is 17.3. The molecule has 0 aromatic heterocycles. The molecule has 0 aliphatic rings. The van der Waals surface area contributed by atoms with E-state index in [0.717, 1.165) is 0 Å². The van der Waals surface area contributed by atoms with E-state index in [2.05, 4.69) is 0 Å². The Bertz CT molecular complexity index is 505. The van der Waals surface area contributed by atoms with Crippen molar-refractivity contribution in [2.45, 2.75) is 0 Å². The molecule has 6 heteroatoms. The summed E-state index contributed by atoms with van der Waals surface area (Å²) in [6.45, 7) is 0. The van der Waals surface area contributed by atoms with Crippen molar-refractivity contribution in [2.24, 2.45) is 0 Å². The van der Waals surface area contributed by atoms with E-state index in [9.17, 15) is 9.59 Å². The van der Waals surface area contributed by atoms with E-state index in [-0.39, 0.29) is 5.48 Å². The van der Waals surface area contributed by atoms with E-state index >= 15 is 0 Å². The van der Waals surface area contributed by atoms with Crippen LogP contribution >= 0.6 is 0 Å². The molecule has 0 saturated carbocycles. The van der Waals surface area contributed by atoms with Crippen LogP contribution in [0.1, 0.15) is 20.7 Å². The third-order valence-electron chi connectivity index (χ3n) is 2.40.